The number of unbranched alkanes of at least 4 members (excludes halogenated alkanes) is 1. The largest absolute Gasteiger partial charge is 0.468 e. The monoisotopic (exact) mass is 545 g/mol. The summed E-state index contributed by atoms with van der Waals surface area (Å²) in [4.78, 5) is 27.9. The number of hydrogen-bond donors (Lipinski definition) is 2. The number of ether oxygens (including phenoxy) is 1. The Balaban J connectivity index is 0.00000456. The van der Waals surface area contributed by atoms with E-state index in [4.69, 9.17) is 4.74 Å². The highest BCUT2D eigenvalue weighted by atomic mass is 35.5. The molecule has 1 aromatic carbocycles. The zero-order valence-corrected chi connectivity index (χ0v) is 23.0. The van der Waals surface area contributed by atoms with E-state index in [9.17, 15) is 18.0 Å². The minimum atomic E-state index is -3.68. The first-order chi connectivity index (χ1) is 16.8. The lowest BCUT2D eigenvalue weighted by atomic mass is 9.95. The molecule has 2 aliphatic rings. The molecule has 0 aliphatic carbocycles. The summed E-state index contributed by atoms with van der Waals surface area (Å²) in [6.45, 7) is 6.21. The Bertz CT molecular complexity index is 945. The maximum atomic E-state index is 13.6. The first kappa shape index (κ1) is 30.3. The van der Waals surface area contributed by atoms with Crippen LogP contribution in [0.1, 0.15) is 46.0 Å². The molecule has 2 aliphatic heterocycles. The summed E-state index contributed by atoms with van der Waals surface area (Å²) in [5.41, 5.74) is 0.748. The van der Waals surface area contributed by atoms with Crippen LogP contribution in [-0.4, -0.2) is 81.7 Å². The summed E-state index contributed by atoms with van der Waals surface area (Å²) in [7, 11) is -2.45. The molecule has 2 heterocycles. The van der Waals surface area contributed by atoms with E-state index in [-0.39, 0.29) is 30.7 Å². The number of nitrogens with one attached hydrogen (secondary N) is 2. The lowest BCUT2D eigenvalue weighted by Crippen LogP contribution is -2.54. The molecule has 0 bridgehead atoms. The van der Waals surface area contributed by atoms with Crippen LogP contribution in [0.15, 0.2) is 30.3 Å². The zero-order valence-electron chi connectivity index (χ0n) is 21.4. The van der Waals surface area contributed by atoms with Gasteiger partial charge in [0.15, 0.2) is 0 Å². The van der Waals surface area contributed by atoms with Crippen LogP contribution in [0, 0.1) is 5.92 Å². The highest BCUT2D eigenvalue weighted by Gasteiger charge is 2.44. The lowest BCUT2D eigenvalue weighted by Gasteiger charge is -2.33. The molecule has 2 amide bonds. The molecule has 0 saturated carbocycles. The van der Waals surface area contributed by atoms with Crippen molar-refractivity contribution in [2.24, 2.45) is 5.92 Å². The average molecular weight is 546 g/mol. The van der Waals surface area contributed by atoms with Gasteiger partial charge in [0.05, 0.1) is 12.9 Å². The maximum Gasteiger partial charge on any atom is 0.340 e. The van der Waals surface area contributed by atoms with Crippen molar-refractivity contribution < 1.29 is 22.7 Å². The molecular formula is C24H40ClN5O5S. The Morgan fingerprint density at radius 3 is 2.50 bits per heavy atom. The van der Waals surface area contributed by atoms with Crippen LogP contribution in [0.4, 0.5) is 10.5 Å². The number of hydrogen-bond acceptors (Lipinski definition) is 7. The molecule has 36 heavy (non-hydrogen) atoms. The minimum Gasteiger partial charge on any atom is -0.468 e. The van der Waals surface area contributed by atoms with Crippen molar-refractivity contribution in [2.75, 3.05) is 43.9 Å². The molecule has 204 valence electrons. The number of piperidine rings is 1. The first-order valence-electron chi connectivity index (χ1n) is 12.5. The van der Waals surface area contributed by atoms with E-state index in [0.717, 1.165) is 44.5 Å². The van der Waals surface area contributed by atoms with Crippen LogP contribution >= 0.6 is 12.4 Å². The number of nitrogens with zero attached hydrogens (tertiary/aromatic N) is 3. The predicted molar refractivity (Wildman–Crippen MR) is 142 cm³/mol. The molecule has 2 saturated heterocycles. The molecular weight excluding hydrogens is 506 g/mol. The number of halogens is 1. The van der Waals surface area contributed by atoms with Gasteiger partial charge in [-0.15, -0.1) is 12.4 Å². The molecule has 3 rings (SSSR count). The highest BCUT2D eigenvalue weighted by Crippen LogP contribution is 2.29. The third-order valence-electron chi connectivity index (χ3n) is 6.73. The van der Waals surface area contributed by atoms with E-state index in [2.05, 4.69) is 10.0 Å². The number of esters is 1. The Hall–Kier alpha value is -1.92. The fourth-order valence-electron chi connectivity index (χ4n) is 4.69. The van der Waals surface area contributed by atoms with Crippen molar-refractivity contribution in [3.8, 4) is 0 Å². The van der Waals surface area contributed by atoms with E-state index in [1.54, 1.807) is 14.9 Å². The number of carbonyl (C=O) groups is 2. The van der Waals surface area contributed by atoms with Gasteiger partial charge in [0.2, 0.25) is 10.0 Å². The maximum absolute atomic E-state index is 13.6. The van der Waals surface area contributed by atoms with Crippen molar-refractivity contribution >= 4 is 40.1 Å². The predicted octanol–water partition coefficient (Wildman–Crippen LogP) is 2.56. The van der Waals surface area contributed by atoms with E-state index < -0.39 is 28.2 Å². The summed E-state index contributed by atoms with van der Waals surface area (Å²) in [5, 5.41) is 6.82. The SMILES string of the molecule is CCCCS(=O)(=O)NC(CN1C(C)N(c2ccccc2)C(=O)N1CCC1CCNCC1)C(=O)OC.Cl. The van der Waals surface area contributed by atoms with Gasteiger partial charge in [0, 0.05) is 18.8 Å². The number of rotatable bonds is 12. The third-order valence-corrected chi connectivity index (χ3v) is 8.20. The van der Waals surface area contributed by atoms with Crippen LogP contribution in [0.25, 0.3) is 0 Å². The lowest BCUT2D eigenvalue weighted by molar-refractivity contribution is -0.144. The van der Waals surface area contributed by atoms with Crippen LogP contribution in [0.5, 0.6) is 0 Å². The van der Waals surface area contributed by atoms with Crippen LogP contribution in [-0.2, 0) is 19.6 Å². The number of methoxy groups -OCH3 is 1. The Morgan fingerprint density at radius 1 is 1.22 bits per heavy atom. The minimum absolute atomic E-state index is 0. The van der Waals surface area contributed by atoms with Crippen LogP contribution in [0.2, 0.25) is 0 Å². The van der Waals surface area contributed by atoms with Crippen molar-refractivity contribution in [2.45, 2.75) is 58.2 Å². The Kier molecular flexibility index (Phi) is 11.9. The van der Waals surface area contributed by atoms with E-state index in [1.807, 2.05) is 44.2 Å². The van der Waals surface area contributed by atoms with Crippen molar-refractivity contribution in [1.82, 2.24) is 20.1 Å². The molecule has 12 heteroatoms. The Morgan fingerprint density at radius 2 is 1.89 bits per heavy atom. The number of hydrazine groups is 1. The molecule has 0 aromatic heterocycles. The van der Waals surface area contributed by atoms with Crippen molar-refractivity contribution in [3.63, 3.8) is 0 Å². The number of amides is 2. The molecule has 1 aromatic rings. The number of sulfonamides is 1. The summed E-state index contributed by atoms with van der Waals surface area (Å²) < 4.78 is 32.6. The second-order valence-electron chi connectivity index (χ2n) is 9.21. The first-order valence-corrected chi connectivity index (χ1v) is 14.1. The van der Waals surface area contributed by atoms with Crippen LogP contribution in [0.3, 0.4) is 0 Å². The van der Waals surface area contributed by atoms with Gasteiger partial charge in [-0.05, 0) is 63.7 Å². The van der Waals surface area contributed by atoms with Gasteiger partial charge >= 0.3 is 12.0 Å². The van der Waals surface area contributed by atoms with E-state index in [1.165, 1.54) is 7.11 Å². The summed E-state index contributed by atoms with van der Waals surface area (Å²) in [5.74, 6) is -0.238. The highest BCUT2D eigenvalue weighted by molar-refractivity contribution is 7.89. The fraction of sp³-hybridized carbons (Fsp3) is 0.667. The molecule has 2 N–H and O–H groups in total. The number of carbonyl (C=O) groups excluding carboxylic acids is 2. The number of anilines is 1. The quantitative estimate of drug-likeness (QED) is 0.388. The second kappa shape index (κ2) is 14.1. The van der Waals surface area contributed by atoms with Gasteiger partial charge in [-0.3, -0.25) is 14.7 Å². The summed E-state index contributed by atoms with van der Waals surface area (Å²) >= 11 is 0. The number of benzene rings is 1. The van der Waals surface area contributed by atoms with Crippen molar-refractivity contribution in [1.29, 1.82) is 0 Å². The topological polar surface area (TPSA) is 111 Å². The number of urea groups is 1. The van der Waals surface area contributed by atoms with Gasteiger partial charge in [-0.25, -0.2) is 13.2 Å². The summed E-state index contributed by atoms with van der Waals surface area (Å²) in [6, 6.07) is 8.05. The molecule has 2 unspecified atom stereocenters. The van der Waals surface area contributed by atoms with Gasteiger partial charge in [0.25, 0.3) is 0 Å². The van der Waals surface area contributed by atoms with Gasteiger partial charge < -0.3 is 10.1 Å². The van der Waals surface area contributed by atoms with Crippen molar-refractivity contribution in [3.05, 3.63) is 30.3 Å². The number of para-hydroxylation sites is 1. The molecule has 0 radical (unpaired) electrons. The molecule has 2 fully saturated rings. The van der Waals surface area contributed by atoms with Gasteiger partial charge in [-0.1, -0.05) is 31.5 Å². The zero-order chi connectivity index (χ0) is 25.4. The standard InChI is InChI=1S/C24H39N5O5S.ClH/c1-4-5-17-35(32,33)26-22(23(30)34-3)18-28-19(2)29(21-9-7-6-8-10-21)24(31)27(28)16-13-20-11-14-25-15-12-20;/h6-10,19-20,22,25-26H,4-5,11-18H2,1-3H3;1H. The molecule has 10 nitrogen and oxygen atoms in total. The van der Waals surface area contributed by atoms with E-state index in [0.29, 0.717) is 18.9 Å². The van der Waals surface area contributed by atoms with Gasteiger partial charge in [-0.2, -0.15) is 9.73 Å². The normalized spacial score (nSPS) is 20.3. The van der Waals surface area contributed by atoms with E-state index >= 15 is 0 Å². The fourth-order valence-corrected chi connectivity index (χ4v) is 6.08. The third kappa shape index (κ3) is 7.79. The Labute approximate surface area is 221 Å². The molecule has 0 spiro atoms. The van der Waals surface area contributed by atoms with Gasteiger partial charge in [0.1, 0.15) is 12.2 Å². The molecule has 2 atom stereocenters. The smallest absolute Gasteiger partial charge is 0.340 e. The summed E-state index contributed by atoms with van der Waals surface area (Å²) in [6.07, 6.45) is 3.75. The average Bonchev–Trinajstić information content (AvgIpc) is 3.10. The van der Waals surface area contributed by atoms with Crippen LogP contribution < -0.4 is 14.9 Å². The second-order valence-corrected chi connectivity index (χ2v) is 11.1.